The van der Waals surface area contributed by atoms with Gasteiger partial charge in [-0.05, 0) is 33.1 Å². The molecule has 0 saturated heterocycles. The number of hydrogen-bond acceptors (Lipinski definition) is 3. The Labute approximate surface area is 95.9 Å². The van der Waals surface area contributed by atoms with Crippen LogP contribution in [0.3, 0.4) is 0 Å². The van der Waals surface area contributed by atoms with Crippen molar-refractivity contribution in [2.24, 2.45) is 11.3 Å². The van der Waals surface area contributed by atoms with Crippen LogP contribution in [0.5, 0.6) is 0 Å². The first-order valence-electron chi connectivity index (χ1n) is 6.00. The van der Waals surface area contributed by atoms with Crippen LogP contribution in [0, 0.1) is 11.3 Å². The van der Waals surface area contributed by atoms with Crippen molar-refractivity contribution in [3.05, 3.63) is 11.6 Å². The third-order valence-electron chi connectivity index (χ3n) is 3.87. The molecule has 0 heterocycles. The Morgan fingerprint density at radius 2 is 2.38 bits per heavy atom. The van der Waals surface area contributed by atoms with Gasteiger partial charge in [-0.2, -0.15) is 0 Å². The maximum atomic E-state index is 12.3. The zero-order valence-corrected chi connectivity index (χ0v) is 9.91. The minimum Gasteiger partial charge on any atom is -0.465 e. The van der Waals surface area contributed by atoms with Crippen molar-refractivity contribution in [1.29, 1.82) is 0 Å². The number of Topliss-reactive ketones (excluding diaryl/α,β-unsaturated/α-hetero) is 1. The predicted octanol–water partition coefficient (Wildman–Crippen LogP) is 2.26. The molecular formula is C13H18O3. The summed E-state index contributed by atoms with van der Waals surface area (Å²) in [5.41, 5.74) is 0.281. The summed E-state index contributed by atoms with van der Waals surface area (Å²) < 4.78 is 5.07. The maximum Gasteiger partial charge on any atom is 0.319 e. The number of rotatable bonds is 2. The molecule has 0 spiro atoms. The molecule has 2 aliphatic carbocycles. The van der Waals surface area contributed by atoms with Gasteiger partial charge in [0.1, 0.15) is 5.41 Å². The fourth-order valence-electron chi connectivity index (χ4n) is 2.87. The Morgan fingerprint density at radius 1 is 1.62 bits per heavy atom. The molecule has 2 bridgehead atoms. The smallest absolute Gasteiger partial charge is 0.319 e. The molecule has 0 radical (unpaired) electrons. The normalized spacial score (nSPS) is 33.2. The third kappa shape index (κ3) is 1.49. The molecule has 0 aromatic rings. The molecule has 0 aromatic carbocycles. The van der Waals surface area contributed by atoms with Crippen molar-refractivity contribution in [2.75, 3.05) is 6.61 Å². The lowest BCUT2D eigenvalue weighted by atomic mass is 9.61. The molecule has 3 nitrogen and oxygen atoms in total. The van der Waals surface area contributed by atoms with E-state index in [0.717, 1.165) is 18.4 Å². The van der Waals surface area contributed by atoms with E-state index in [0.29, 0.717) is 19.4 Å². The lowest BCUT2D eigenvalue weighted by Gasteiger charge is -2.40. The van der Waals surface area contributed by atoms with Crippen LogP contribution >= 0.6 is 0 Å². The van der Waals surface area contributed by atoms with Crippen LogP contribution in [0.1, 0.15) is 39.5 Å². The van der Waals surface area contributed by atoms with Crippen LogP contribution in [-0.4, -0.2) is 18.4 Å². The van der Waals surface area contributed by atoms with E-state index in [-0.39, 0.29) is 17.7 Å². The lowest BCUT2D eigenvalue weighted by Crippen LogP contribution is -2.48. The number of ketones is 1. The molecule has 3 heteroatoms. The van der Waals surface area contributed by atoms with Gasteiger partial charge in [0.15, 0.2) is 5.78 Å². The molecule has 0 amide bonds. The zero-order valence-electron chi connectivity index (χ0n) is 9.91. The molecule has 0 unspecified atom stereocenters. The Morgan fingerprint density at radius 3 is 3.06 bits per heavy atom. The molecule has 0 aromatic heterocycles. The van der Waals surface area contributed by atoms with Crippen LogP contribution in [0.4, 0.5) is 0 Å². The number of carbonyl (C=O) groups excluding carboxylic acids is 2. The number of allylic oxidation sites excluding steroid dienone is 2. The van der Waals surface area contributed by atoms with E-state index in [4.69, 9.17) is 4.74 Å². The van der Waals surface area contributed by atoms with Crippen LogP contribution in [0.2, 0.25) is 0 Å². The fraction of sp³-hybridized carbons (Fsp3) is 0.692. The van der Waals surface area contributed by atoms with Gasteiger partial charge in [-0.3, -0.25) is 9.59 Å². The average Bonchev–Trinajstić information content (AvgIpc) is 2.25. The Bertz CT molecular complexity index is 356. The molecule has 2 atom stereocenters. The largest absolute Gasteiger partial charge is 0.465 e. The highest BCUT2D eigenvalue weighted by molar-refractivity contribution is 6.07. The first kappa shape index (κ1) is 11.4. The van der Waals surface area contributed by atoms with Gasteiger partial charge >= 0.3 is 5.97 Å². The van der Waals surface area contributed by atoms with E-state index in [1.165, 1.54) is 0 Å². The summed E-state index contributed by atoms with van der Waals surface area (Å²) in [7, 11) is 0. The summed E-state index contributed by atoms with van der Waals surface area (Å²) in [6.07, 6.45) is 5.07. The van der Waals surface area contributed by atoms with Crippen molar-refractivity contribution in [2.45, 2.75) is 39.5 Å². The molecule has 2 aliphatic rings. The number of carbonyl (C=O) groups is 2. The fourth-order valence-corrected chi connectivity index (χ4v) is 2.87. The molecule has 1 fully saturated rings. The summed E-state index contributed by atoms with van der Waals surface area (Å²) >= 11 is 0. The number of hydrogen-bond donors (Lipinski definition) is 0. The number of ether oxygens (including phenoxy) is 1. The summed E-state index contributed by atoms with van der Waals surface area (Å²) in [5.74, 6) is -0.252. The Balaban J connectivity index is 2.33. The average molecular weight is 222 g/mol. The van der Waals surface area contributed by atoms with Gasteiger partial charge in [-0.15, -0.1) is 0 Å². The van der Waals surface area contributed by atoms with Crippen molar-refractivity contribution in [1.82, 2.24) is 0 Å². The van der Waals surface area contributed by atoms with E-state index < -0.39 is 5.41 Å². The second kappa shape index (κ2) is 4.04. The predicted molar refractivity (Wildman–Crippen MR) is 59.8 cm³/mol. The highest BCUT2D eigenvalue weighted by Crippen LogP contribution is 2.46. The highest BCUT2D eigenvalue weighted by Gasteiger charge is 2.53. The SMILES string of the molecule is CCOC(=O)[C@@]12CC=C(C)[C@@H](CCC1)C2=O. The van der Waals surface area contributed by atoms with E-state index >= 15 is 0 Å². The maximum absolute atomic E-state index is 12.3. The van der Waals surface area contributed by atoms with Crippen LogP contribution in [0.25, 0.3) is 0 Å². The second-order valence-corrected chi connectivity index (χ2v) is 4.76. The lowest BCUT2D eigenvalue weighted by molar-refractivity contribution is -0.164. The topological polar surface area (TPSA) is 43.4 Å². The summed E-state index contributed by atoms with van der Waals surface area (Å²) in [5, 5.41) is 0. The molecule has 88 valence electrons. The van der Waals surface area contributed by atoms with Gasteiger partial charge in [0.2, 0.25) is 0 Å². The van der Waals surface area contributed by atoms with Gasteiger partial charge in [0, 0.05) is 5.92 Å². The van der Waals surface area contributed by atoms with Gasteiger partial charge in [-0.25, -0.2) is 0 Å². The van der Waals surface area contributed by atoms with Crippen LogP contribution in [-0.2, 0) is 14.3 Å². The van der Waals surface area contributed by atoms with Crippen molar-refractivity contribution < 1.29 is 14.3 Å². The van der Waals surface area contributed by atoms with E-state index in [1.54, 1.807) is 6.92 Å². The number of fused-ring (bicyclic) bond motifs is 2. The van der Waals surface area contributed by atoms with E-state index in [9.17, 15) is 9.59 Å². The van der Waals surface area contributed by atoms with Crippen LogP contribution in [0.15, 0.2) is 11.6 Å². The molecular weight excluding hydrogens is 204 g/mol. The van der Waals surface area contributed by atoms with Crippen molar-refractivity contribution >= 4 is 11.8 Å². The van der Waals surface area contributed by atoms with Gasteiger partial charge in [0.05, 0.1) is 6.61 Å². The quantitative estimate of drug-likeness (QED) is 0.409. The highest BCUT2D eigenvalue weighted by atomic mass is 16.5. The molecule has 0 aliphatic heterocycles. The minimum absolute atomic E-state index is 0.0353. The summed E-state index contributed by atoms with van der Waals surface area (Å²) in [6.45, 7) is 4.12. The molecule has 2 rings (SSSR count). The standard InChI is InChI=1S/C13H18O3/c1-3-16-12(15)13-7-4-5-10(11(13)14)9(2)6-8-13/h6,10H,3-5,7-8H2,1-2H3/t10-,13-/m1/s1. The summed E-state index contributed by atoms with van der Waals surface area (Å²) in [4.78, 5) is 24.3. The van der Waals surface area contributed by atoms with Crippen molar-refractivity contribution in [3.63, 3.8) is 0 Å². The van der Waals surface area contributed by atoms with Crippen molar-refractivity contribution in [3.8, 4) is 0 Å². The Hall–Kier alpha value is -1.12. The molecule has 16 heavy (non-hydrogen) atoms. The third-order valence-corrected chi connectivity index (χ3v) is 3.87. The minimum atomic E-state index is -0.849. The van der Waals surface area contributed by atoms with Gasteiger partial charge in [-0.1, -0.05) is 18.1 Å². The van der Waals surface area contributed by atoms with Gasteiger partial charge in [0.25, 0.3) is 0 Å². The number of esters is 1. The monoisotopic (exact) mass is 222 g/mol. The summed E-state index contributed by atoms with van der Waals surface area (Å²) in [6, 6.07) is 0. The van der Waals surface area contributed by atoms with E-state index in [1.807, 2.05) is 13.0 Å². The first-order valence-corrected chi connectivity index (χ1v) is 6.00. The molecule has 0 N–H and O–H groups in total. The second-order valence-electron chi connectivity index (χ2n) is 4.76. The molecule has 1 saturated carbocycles. The Kier molecular flexibility index (Phi) is 2.87. The zero-order chi connectivity index (χ0) is 11.8. The van der Waals surface area contributed by atoms with E-state index in [2.05, 4.69) is 0 Å². The first-order chi connectivity index (χ1) is 7.62. The van der Waals surface area contributed by atoms with Crippen LogP contribution < -0.4 is 0 Å². The van der Waals surface area contributed by atoms with Gasteiger partial charge < -0.3 is 4.74 Å².